The van der Waals surface area contributed by atoms with E-state index in [0.29, 0.717) is 0 Å². The van der Waals surface area contributed by atoms with Gasteiger partial charge in [0.1, 0.15) is 6.29 Å². The second kappa shape index (κ2) is 3.05. The van der Waals surface area contributed by atoms with E-state index in [2.05, 4.69) is 4.98 Å². The fourth-order valence-corrected chi connectivity index (χ4v) is 1.56. The Bertz CT molecular complexity index is 430. The number of aromatic amines is 1. The molecular formula is C11H11NO. The lowest BCUT2D eigenvalue weighted by Crippen LogP contribution is -1.94. The molecule has 1 atom stereocenters. The summed E-state index contributed by atoms with van der Waals surface area (Å²) in [6.07, 6.45) is 2.86. The Morgan fingerprint density at radius 3 is 3.00 bits per heavy atom. The Labute approximate surface area is 76.6 Å². The Hall–Kier alpha value is -1.57. The van der Waals surface area contributed by atoms with Crippen LogP contribution >= 0.6 is 0 Å². The maximum atomic E-state index is 10.7. The molecule has 1 heterocycles. The zero-order chi connectivity index (χ0) is 9.26. The van der Waals surface area contributed by atoms with Gasteiger partial charge in [-0.1, -0.05) is 25.1 Å². The number of carbonyl (C=O) groups is 1. The number of carbonyl (C=O) groups excluding carboxylic acids is 1. The monoisotopic (exact) mass is 173 g/mol. The molecule has 0 bridgehead atoms. The molecule has 66 valence electrons. The molecule has 2 nitrogen and oxygen atoms in total. The van der Waals surface area contributed by atoms with E-state index in [9.17, 15) is 4.79 Å². The number of fused-ring (bicyclic) bond motifs is 1. The SMILES string of the molecule is CC(C=O)c1cccc2cc[nH]c12. The van der Waals surface area contributed by atoms with Gasteiger partial charge >= 0.3 is 0 Å². The second-order valence-electron chi connectivity index (χ2n) is 3.21. The fourth-order valence-electron chi connectivity index (χ4n) is 1.56. The molecule has 1 aromatic carbocycles. The largest absolute Gasteiger partial charge is 0.361 e. The van der Waals surface area contributed by atoms with E-state index in [0.717, 1.165) is 22.8 Å². The lowest BCUT2D eigenvalue weighted by molar-refractivity contribution is -0.108. The summed E-state index contributed by atoms with van der Waals surface area (Å²) < 4.78 is 0. The molecule has 2 aromatic rings. The number of benzene rings is 1. The second-order valence-corrected chi connectivity index (χ2v) is 3.21. The van der Waals surface area contributed by atoms with Crippen LogP contribution < -0.4 is 0 Å². The summed E-state index contributed by atoms with van der Waals surface area (Å²) in [4.78, 5) is 13.8. The van der Waals surface area contributed by atoms with Crippen molar-refractivity contribution in [3.63, 3.8) is 0 Å². The average Bonchev–Trinajstić information content (AvgIpc) is 2.63. The van der Waals surface area contributed by atoms with Crippen LogP contribution in [0.5, 0.6) is 0 Å². The van der Waals surface area contributed by atoms with E-state index in [1.165, 1.54) is 0 Å². The molecule has 0 saturated carbocycles. The zero-order valence-corrected chi connectivity index (χ0v) is 7.45. The van der Waals surface area contributed by atoms with Gasteiger partial charge in [-0.15, -0.1) is 0 Å². The first-order chi connectivity index (χ1) is 6.33. The van der Waals surface area contributed by atoms with Gasteiger partial charge in [0.2, 0.25) is 0 Å². The van der Waals surface area contributed by atoms with Crippen molar-refractivity contribution < 1.29 is 4.79 Å². The third kappa shape index (κ3) is 1.24. The van der Waals surface area contributed by atoms with Crippen LogP contribution in [0.15, 0.2) is 30.5 Å². The van der Waals surface area contributed by atoms with Crippen molar-refractivity contribution in [3.05, 3.63) is 36.0 Å². The smallest absolute Gasteiger partial charge is 0.127 e. The van der Waals surface area contributed by atoms with Crippen molar-refractivity contribution in [2.45, 2.75) is 12.8 Å². The van der Waals surface area contributed by atoms with Crippen molar-refractivity contribution in [1.29, 1.82) is 0 Å². The summed E-state index contributed by atoms with van der Waals surface area (Å²) in [5.41, 5.74) is 2.14. The Morgan fingerprint density at radius 2 is 2.23 bits per heavy atom. The van der Waals surface area contributed by atoms with Crippen LogP contribution in [-0.4, -0.2) is 11.3 Å². The number of nitrogens with one attached hydrogen (secondary N) is 1. The normalized spacial score (nSPS) is 13.0. The number of para-hydroxylation sites is 1. The molecule has 0 saturated heterocycles. The van der Waals surface area contributed by atoms with Crippen molar-refractivity contribution in [1.82, 2.24) is 4.98 Å². The van der Waals surface area contributed by atoms with E-state index in [1.54, 1.807) is 0 Å². The summed E-state index contributed by atoms with van der Waals surface area (Å²) in [5.74, 6) is -0.0395. The highest BCUT2D eigenvalue weighted by atomic mass is 16.1. The maximum absolute atomic E-state index is 10.7. The maximum Gasteiger partial charge on any atom is 0.127 e. The summed E-state index contributed by atoms with van der Waals surface area (Å²) in [6.45, 7) is 1.91. The van der Waals surface area contributed by atoms with Crippen LogP contribution in [-0.2, 0) is 4.79 Å². The lowest BCUT2D eigenvalue weighted by Gasteiger charge is -2.04. The van der Waals surface area contributed by atoms with Crippen LogP contribution in [0.4, 0.5) is 0 Å². The standard InChI is InChI=1S/C11H11NO/c1-8(7-13)10-4-2-3-9-5-6-12-11(9)10/h2-8,12H,1H3. The summed E-state index contributed by atoms with van der Waals surface area (Å²) in [6, 6.07) is 8.01. The van der Waals surface area contributed by atoms with Crippen LogP contribution in [0, 0.1) is 0 Å². The van der Waals surface area contributed by atoms with Crippen molar-refractivity contribution in [2.75, 3.05) is 0 Å². The molecule has 0 aliphatic carbocycles. The quantitative estimate of drug-likeness (QED) is 0.695. The topological polar surface area (TPSA) is 32.9 Å². The van der Waals surface area contributed by atoms with Gasteiger partial charge in [-0.25, -0.2) is 0 Å². The molecule has 0 fully saturated rings. The van der Waals surface area contributed by atoms with E-state index in [1.807, 2.05) is 37.4 Å². The summed E-state index contributed by atoms with van der Waals surface area (Å²) in [5, 5.41) is 1.16. The molecule has 0 amide bonds. The number of hydrogen-bond acceptors (Lipinski definition) is 1. The molecule has 0 radical (unpaired) electrons. The van der Waals surface area contributed by atoms with Crippen molar-refractivity contribution in [2.24, 2.45) is 0 Å². The Balaban J connectivity index is 2.67. The highest BCUT2D eigenvalue weighted by Crippen LogP contribution is 2.22. The van der Waals surface area contributed by atoms with Gasteiger partial charge in [0, 0.05) is 17.6 Å². The minimum atomic E-state index is -0.0395. The number of aldehydes is 1. The Kier molecular flexibility index (Phi) is 1.89. The molecule has 1 N–H and O–H groups in total. The van der Waals surface area contributed by atoms with Gasteiger partial charge in [0.05, 0.1) is 0 Å². The lowest BCUT2D eigenvalue weighted by atomic mass is 10.0. The van der Waals surface area contributed by atoms with Gasteiger partial charge in [-0.3, -0.25) is 0 Å². The fraction of sp³-hybridized carbons (Fsp3) is 0.182. The predicted molar refractivity (Wildman–Crippen MR) is 52.8 cm³/mol. The minimum absolute atomic E-state index is 0.0395. The summed E-state index contributed by atoms with van der Waals surface area (Å²) in [7, 11) is 0. The van der Waals surface area contributed by atoms with Crippen LogP contribution in [0.3, 0.4) is 0 Å². The third-order valence-electron chi connectivity index (χ3n) is 2.31. The minimum Gasteiger partial charge on any atom is -0.361 e. The van der Waals surface area contributed by atoms with Crippen molar-refractivity contribution >= 4 is 17.2 Å². The molecule has 2 rings (SSSR count). The first-order valence-electron chi connectivity index (χ1n) is 4.34. The van der Waals surface area contributed by atoms with Gasteiger partial charge in [0.25, 0.3) is 0 Å². The van der Waals surface area contributed by atoms with E-state index in [4.69, 9.17) is 0 Å². The Morgan fingerprint density at radius 1 is 1.38 bits per heavy atom. The number of hydrogen-bond donors (Lipinski definition) is 1. The highest BCUT2D eigenvalue weighted by Gasteiger charge is 2.07. The van der Waals surface area contributed by atoms with Crippen LogP contribution in [0.2, 0.25) is 0 Å². The summed E-state index contributed by atoms with van der Waals surface area (Å²) >= 11 is 0. The van der Waals surface area contributed by atoms with Gasteiger partial charge < -0.3 is 9.78 Å². The molecule has 2 heteroatoms. The molecule has 1 aromatic heterocycles. The van der Waals surface area contributed by atoms with E-state index < -0.39 is 0 Å². The first kappa shape index (κ1) is 8.05. The molecule has 0 spiro atoms. The van der Waals surface area contributed by atoms with Crippen LogP contribution in [0.1, 0.15) is 18.4 Å². The third-order valence-corrected chi connectivity index (χ3v) is 2.31. The first-order valence-corrected chi connectivity index (χ1v) is 4.34. The highest BCUT2D eigenvalue weighted by molar-refractivity contribution is 5.85. The van der Waals surface area contributed by atoms with Gasteiger partial charge in [0.15, 0.2) is 0 Å². The predicted octanol–water partition coefficient (Wildman–Crippen LogP) is 2.47. The van der Waals surface area contributed by atoms with E-state index >= 15 is 0 Å². The molecule has 13 heavy (non-hydrogen) atoms. The molecular weight excluding hydrogens is 162 g/mol. The molecule has 1 unspecified atom stereocenters. The van der Waals surface area contributed by atoms with Crippen molar-refractivity contribution in [3.8, 4) is 0 Å². The van der Waals surface area contributed by atoms with Gasteiger partial charge in [-0.2, -0.15) is 0 Å². The molecule has 0 aliphatic rings. The average molecular weight is 173 g/mol. The van der Waals surface area contributed by atoms with Crippen LogP contribution in [0.25, 0.3) is 10.9 Å². The molecule has 0 aliphatic heterocycles. The van der Waals surface area contributed by atoms with Gasteiger partial charge in [-0.05, 0) is 17.0 Å². The zero-order valence-electron chi connectivity index (χ0n) is 7.45. The number of aromatic nitrogens is 1. The van der Waals surface area contributed by atoms with E-state index in [-0.39, 0.29) is 5.92 Å². The number of rotatable bonds is 2. The number of H-pyrrole nitrogens is 1.